The number of likely N-dealkylation sites (tertiary alicyclic amines) is 1. The molecule has 1 aromatic rings. The van der Waals surface area contributed by atoms with Gasteiger partial charge in [0, 0.05) is 0 Å². The van der Waals surface area contributed by atoms with E-state index in [1.54, 1.807) is 0 Å². The Labute approximate surface area is 101 Å². The fourth-order valence-electron chi connectivity index (χ4n) is 2.61. The van der Waals surface area contributed by atoms with E-state index in [1.807, 2.05) is 18.2 Å². The maximum absolute atomic E-state index is 9.57. The second-order valence-corrected chi connectivity index (χ2v) is 4.55. The van der Waals surface area contributed by atoms with Crippen molar-refractivity contribution in [1.29, 1.82) is 0 Å². The Bertz CT molecular complexity index is 402. The van der Waals surface area contributed by atoms with Crippen molar-refractivity contribution in [3.05, 3.63) is 23.8 Å². The minimum atomic E-state index is 0.0898. The molecule has 4 nitrogen and oxygen atoms in total. The number of ether oxygens (including phenoxy) is 2. The molecule has 3 rings (SSSR count). The SMILES string of the molecule is OCC(c1ccc2c(c1)OCO2)N1CCCC1. The molecule has 1 fully saturated rings. The predicted octanol–water partition coefficient (Wildman–Crippen LogP) is 1.54. The summed E-state index contributed by atoms with van der Waals surface area (Å²) in [5, 5.41) is 9.57. The lowest BCUT2D eigenvalue weighted by Gasteiger charge is -2.26. The number of hydrogen-bond acceptors (Lipinski definition) is 4. The van der Waals surface area contributed by atoms with Crippen LogP contribution in [0.4, 0.5) is 0 Å². The lowest BCUT2D eigenvalue weighted by atomic mass is 10.1. The summed E-state index contributed by atoms with van der Waals surface area (Å²) in [5.41, 5.74) is 1.11. The highest BCUT2D eigenvalue weighted by Gasteiger charge is 2.24. The van der Waals surface area contributed by atoms with Gasteiger partial charge in [0.15, 0.2) is 11.5 Å². The van der Waals surface area contributed by atoms with Crippen molar-refractivity contribution in [3.8, 4) is 11.5 Å². The van der Waals surface area contributed by atoms with E-state index in [-0.39, 0.29) is 12.6 Å². The molecule has 92 valence electrons. The number of aliphatic hydroxyl groups is 1. The van der Waals surface area contributed by atoms with Crippen molar-refractivity contribution in [3.63, 3.8) is 0 Å². The molecule has 1 saturated heterocycles. The van der Waals surface area contributed by atoms with E-state index in [4.69, 9.17) is 9.47 Å². The molecular weight excluding hydrogens is 218 g/mol. The van der Waals surface area contributed by atoms with Crippen molar-refractivity contribution in [1.82, 2.24) is 4.90 Å². The molecule has 2 aliphatic heterocycles. The number of nitrogens with zero attached hydrogens (tertiary/aromatic N) is 1. The zero-order chi connectivity index (χ0) is 11.7. The maximum atomic E-state index is 9.57. The number of aliphatic hydroxyl groups excluding tert-OH is 1. The van der Waals surface area contributed by atoms with E-state index in [9.17, 15) is 5.11 Å². The maximum Gasteiger partial charge on any atom is 0.231 e. The van der Waals surface area contributed by atoms with Crippen molar-refractivity contribution in [2.45, 2.75) is 18.9 Å². The predicted molar refractivity (Wildman–Crippen MR) is 63.2 cm³/mol. The van der Waals surface area contributed by atoms with Crippen LogP contribution in [0.3, 0.4) is 0 Å². The normalized spacial score (nSPS) is 20.8. The van der Waals surface area contributed by atoms with Crippen LogP contribution in [0, 0.1) is 0 Å². The summed E-state index contributed by atoms with van der Waals surface area (Å²) >= 11 is 0. The van der Waals surface area contributed by atoms with Crippen LogP contribution in [-0.4, -0.2) is 36.5 Å². The fraction of sp³-hybridized carbons (Fsp3) is 0.538. The molecule has 0 saturated carbocycles. The molecule has 1 N–H and O–H groups in total. The fourth-order valence-corrected chi connectivity index (χ4v) is 2.61. The first kappa shape index (κ1) is 10.9. The Morgan fingerprint density at radius 1 is 1.18 bits per heavy atom. The van der Waals surface area contributed by atoms with Crippen LogP contribution in [0.1, 0.15) is 24.4 Å². The van der Waals surface area contributed by atoms with Crippen LogP contribution >= 0.6 is 0 Å². The smallest absolute Gasteiger partial charge is 0.231 e. The summed E-state index contributed by atoms with van der Waals surface area (Å²) in [6, 6.07) is 6.02. The molecule has 17 heavy (non-hydrogen) atoms. The van der Waals surface area contributed by atoms with E-state index in [0.717, 1.165) is 30.2 Å². The lowest BCUT2D eigenvalue weighted by Crippen LogP contribution is -2.28. The molecule has 1 aromatic carbocycles. The highest BCUT2D eigenvalue weighted by Crippen LogP contribution is 2.36. The lowest BCUT2D eigenvalue weighted by molar-refractivity contribution is 0.146. The largest absolute Gasteiger partial charge is 0.454 e. The van der Waals surface area contributed by atoms with Gasteiger partial charge in [0.05, 0.1) is 12.6 Å². The molecule has 1 unspecified atom stereocenters. The van der Waals surface area contributed by atoms with Gasteiger partial charge in [-0.15, -0.1) is 0 Å². The second kappa shape index (κ2) is 4.55. The molecule has 0 amide bonds. The van der Waals surface area contributed by atoms with Crippen molar-refractivity contribution in [2.75, 3.05) is 26.5 Å². The third kappa shape index (κ3) is 1.98. The van der Waals surface area contributed by atoms with Crippen LogP contribution < -0.4 is 9.47 Å². The van der Waals surface area contributed by atoms with Gasteiger partial charge < -0.3 is 14.6 Å². The molecular formula is C13H17NO3. The molecule has 0 radical (unpaired) electrons. The molecule has 2 heterocycles. The monoisotopic (exact) mass is 235 g/mol. The summed E-state index contributed by atoms with van der Waals surface area (Å²) in [4.78, 5) is 2.33. The van der Waals surface area contributed by atoms with Gasteiger partial charge in [-0.05, 0) is 43.6 Å². The van der Waals surface area contributed by atoms with Gasteiger partial charge in [-0.1, -0.05) is 6.07 Å². The van der Waals surface area contributed by atoms with Gasteiger partial charge in [0.1, 0.15) is 0 Å². The molecule has 0 bridgehead atoms. The average Bonchev–Trinajstić information content (AvgIpc) is 2.99. The summed E-state index contributed by atoms with van der Waals surface area (Å²) in [6.07, 6.45) is 2.45. The van der Waals surface area contributed by atoms with Crippen LogP contribution in [0.2, 0.25) is 0 Å². The van der Waals surface area contributed by atoms with Crippen molar-refractivity contribution in [2.24, 2.45) is 0 Å². The van der Waals surface area contributed by atoms with Crippen LogP contribution in [0.25, 0.3) is 0 Å². The highest BCUT2D eigenvalue weighted by atomic mass is 16.7. The number of rotatable bonds is 3. The topological polar surface area (TPSA) is 41.9 Å². The number of hydrogen-bond donors (Lipinski definition) is 1. The molecule has 1 atom stereocenters. The van der Waals surface area contributed by atoms with Gasteiger partial charge >= 0.3 is 0 Å². The van der Waals surface area contributed by atoms with E-state index in [2.05, 4.69) is 4.90 Å². The van der Waals surface area contributed by atoms with E-state index in [1.165, 1.54) is 12.8 Å². The van der Waals surface area contributed by atoms with E-state index in [0.29, 0.717) is 6.79 Å². The molecule has 4 heteroatoms. The minimum Gasteiger partial charge on any atom is -0.454 e. The van der Waals surface area contributed by atoms with Crippen molar-refractivity contribution >= 4 is 0 Å². The van der Waals surface area contributed by atoms with E-state index >= 15 is 0 Å². The van der Waals surface area contributed by atoms with Gasteiger partial charge in [0.25, 0.3) is 0 Å². The first-order valence-electron chi connectivity index (χ1n) is 6.13. The Kier molecular flexibility index (Phi) is 2.91. The molecule has 0 aromatic heterocycles. The first-order valence-corrected chi connectivity index (χ1v) is 6.13. The Balaban J connectivity index is 1.85. The summed E-state index contributed by atoms with van der Waals surface area (Å²) < 4.78 is 10.7. The number of benzene rings is 1. The first-order chi connectivity index (χ1) is 8.38. The zero-order valence-corrected chi connectivity index (χ0v) is 9.76. The zero-order valence-electron chi connectivity index (χ0n) is 9.76. The molecule has 2 aliphatic rings. The summed E-state index contributed by atoms with van der Waals surface area (Å²) in [5.74, 6) is 1.59. The Morgan fingerprint density at radius 3 is 2.71 bits per heavy atom. The quantitative estimate of drug-likeness (QED) is 0.863. The van der Waals surface area contributed by atoms with Gasteiger partial charge in [-0.2, -0.15) is 0 Å². The van der Waals surface area contributed by atoms with Crippen molar-refractivity contribution < 1.29 is 14.6 Å². The van der Waals surface area contributed by atoms with Crippen LogP contribution in [-0.2, 0) is 0 Å². The highest BCUT2D eigenvalue weighted by molar-refractivity contribution is 5.45. The third-order valence-corrected chi connectivity index (χ3v) is 3.54. The van der Waals surface area contributed by atoms with Crippen LogP contribution in [0.5, 0.6) is 11.5 Å². The van der Waals surface area contributed by atoms with Crippen LogP contribution in [0.15, 0.2) is 18.2 Å². The summed E-state index contributed by atoms with van der Waals surface area (Å²) in [6.45, 7) is 2.59. The minimum absolute atomic E-state index is 0.0898. The summed E-state index contributed by atoms with van der Waals surface area (Å²) in [7, 11) is 0. The van der Waals surface area contributed by atoms with Gasteiger partial charge in [-0.3, -0.25) is 4.90 Å². The third-order valence-electron chi connectivity index (χ3n) is 3.54. The number of fused-ring (bicyclic) bond motifs is 1. The molecule has 0 aliphatic carbocycles. The molecule has 0 spiro atoms. The Morgan fingerprint density at radius 2 is 1.94 bits per heavy atom. The Hall–Kier alpha value is -1.26. The average molecular weight is 235 g/mol. The van der Waals surface area contributed by atoms with E-state index < -0.39 is 0 Å². The second-order valence-electron chi connectivity index (χ2n) is 4.55. The van der Waals surface area contributed by atoms with Gasteiger partial charge in [-0.25, -0.2) is 0 Å². The van der Waals surface area contributed by atoms with Gasteiger partial charge in [0.2, 0.25) is 6.79 Å². The standard InChI is InChI=1S/C13H17NO3/c15-8-11(14-5-1-2-6-14)10-3-4-12-13(7-10)17-9-16-12/h3-4,7,11,15H,1-2,5-6,8-9H2.